The minimum absolute atomic E-state index is 0.00733. The molecular weight excluding hydrogens is 216 g/mol. The van der Waals surface area contributed by atoms with Crippen LogP contribution in [0.25, 0.3) is 0 Å². The summed E-state index contributed by atoms with van der Waals surface area (Å²) in [6.07, 6.45) is 0.774. The molecule has 17 heavy (non-hydrogen) atoms. The van der Waals surface area contributed by atoms with Crippen molar-refractivity contribution >= 4 is 11.8 Å². The smallest absolute Gasteiger partial charge is 0.307 e. The predicted octanol–water partition coefficient (Wildman–Crippen LogP) is 2.31. The molecule has 90 valence electrons. The molecule has 2 rings (SSSR count). The number of ketones is 1. The van der Waals surface area contributed by atoms with Crippen LogP contribution in [0.4, 0.5) is 0 Å². The normalized spacial score (nSPS) is 18.3. The molecule has 0 amide bonds. The minimum Gasteiger partial charge on any atom is -0.481 e. The standard InChI is InChI=1S/C14H16O3/c1-7-4-10-5-8(2)14(17)13(10)9(3)11(7)6-12(15)16/h4,8H,5-6H2,1-3H3,(H,15,16). The Morgan fingerprint density at radius 2 is 2.12 bits per heavy atom. The van der Waals surface area contributed by atoms with Crippen molar-refractivity contribution < 1.29 is 14.7 Å². The Hall–Kier alpha value is -1.64. The van der Waals surface area contributed by atoms with Crippen molar-refractivity contribution in [3.05, 3.63) is 33.9 Å². The largest absolute Gasteiger partial charge is 0.481 e. The van der Waals surface area contributed by atoms with Crippen LogP contribution in [-0.2, 0) is 17.6 Å². The van der Waals surface area contributed by atoms with Gasteiger partial charge in [-0.3, -0.25) is 9.59 Å². The summed E-state index contributed by atoms with van der Waals surface area (Å²) >= 11 is 0. The summed E-state index contributed by atoms with van der Waals surface area (Å²) < 4.78 is 0. The van der Waals surface area contributed by atoms with Crippen LogP contribution in [0.1, 0.15) is 39.5 Å². The average molecular weight is 232 g/mol. The zero-order valence-corrected chi connectivity index (χ0v) is 10.3. The highest BCUT2D eigenvalue weighted by atomic mass is 16.4. The van der Waals surface area contributed by atoms with E-state index in [-0.39, 0.29) is 18.1 Å². The van der Waals surface area contributed by atoms with Gasteiger partial charge in [-0.15, -0.1) is 0 Å². The van der Waals surface area contributed by atoms with Crippen molar-refractivity contribution in [3.63, 3.8) is 0 Å². The second kappa shape index (κ2) is 3.99. The Kier molecular flexibility index (Phi) is 2.77. The molecule has 1 aromatic rings. The highest BCUT2D eigenvalue weighted by Crippen LogP contribution is 2.32. The summed E-state index contributed by atoms with van der Waals surface area (Å²) in [7, 11) is 0. The van der Waals surface area contributed by atoms with E-state index >= 15 is 0 Å². The number of hydrogen-bond donors (Lipinski definition) is 1. The van der Waals surface area contributed by atoms with E-state index in [4.69, 9.17) is 5.11 Å². The van der Waals surface area contributed by atoms with Gasteiger partial charge in [0.2, 0.25) is 0 Å². The number of aliphatic carboxylic acids is 1. The molecular formula is C14H16O3. The average Bonchev–Trinajstić information content (AvgIpc) is 2.49. The van der Waals surface area contributed by atoms with Gasteiger partial charge in [-0.25, -0.2) is 0 Å². The maximum Gasteiger partial charge on any atom is 0.307 e. The third-order valence-corrected chi connectivity index (χ3v) is 3.56. The molecule has 0 bridgehead atoms. The van der Waals surface area contributed by atoms with Gasteiger partial charge < -0.3 is 5.11 Å². The third-order valence-electron chi connectivity index (χ3n) is 3.56. The number of carboxylic acid groups (broad SMARTS) is 1. The molecule has 0 fully saturated rings. The first-order valence-corrected chi connectivity index (χ1v) is 5.79. The SMILES string of the molecule is Cc1cc2c(c(C)c1CC(=O)O)C(=O)C(C)C2. The van der Waals surface area contributed by atoms with Crippen LogP contribution in [0.3, 0.4) is 0 Å². The van der Waals surface area contributed by atoms with Crippen LogP contribution in [0.15, 0.2) is 6.07 Å². The Morgan fingerprint density at radius 1 is 1.47 bits per heavy atom. The lowest BCUT2D eigenvalue weighted by atomic mass is 9.92. The van der Waals surface area contributed by atoms with Crippen molar-refractivity contribution in [1.82, 2.24) is 0 Å². The van der Waals surface area contributed by atoms with Gasteiger partial charge in [0.15, 0.2) is 5.78 Å². The van der Waals surface area contributed by atoms with Gasteiger partial charge in [-0.2, -0.15) is 0 Å². The fourth-order valence-corrected chi connectivity index (χ4v) is 2.70. The molecule has 0 heterocycles. The van der Waals surface area contributed by atoms with Crippen molar-refractivity contribution in [3.8, 4) is 0 Å². The molecule has 3 heteroatoms. The van der Waals surface area contributed by atoms with Crippen molar-refractivity contribution in [2.24, 2.45) is 5.92 Å². The van der Waals surface area contributed by atoms with Gasteiger partial charge >= 0.3 is 5.97 Å². The van der Waals surface area contributed by atoms with E-state index in [9.17, 15) is 9.59 Å². The Labute approximate surface area is 100 Å². The van der Waals surface area contributed by atoms with E-state index in [2.05, 4.69) is 0 Å². The summed E-state index contributed by atoms with van der Waals surface area (Å²) in [5, 5.41) is 8.90. The first-order valence-electron chi connectivity index (χ1n) is 5.79. The van der Waals surface area contributed by atoms with Crippen molar-refractivity contribution in [1.29, 1.82) is 0 Å². The molecule has 1 N–H and O–H groups in total. The van der Waals surface area contributed by atoms with E-state index in [1.165, 1.54) is 0 Å². The summed E-state index contributed by atoms with van der Waals surface area (Å²) in [5.74, 6) is -0.665. The Balaban J connectivity index is 2.59. The van der Waals surface area contributed by atoms with Crippen LogP contribution in [-0.4, -0.2) is 16.9 Å². The number of carbonyl (C=O) groups excluding carboxylic acids is 1. The molecule has 1 aliphatic carbocycles. The fourth-order valence-electron chi connectivity index (χ4n) is 2.70. The third kappa shape index (κ3) is 1.86. The van der Waals surface area contributed by atoms with E-state index in [1.807, 2.05) is 26.8 Å². The maximum atomic E-state index is 12.0. The number of Topliss-reactive ketones (excluding diaryl/α,β-unsaturated/α-hetero) is 1. The van der Waals surface area contributed by atoms with Crippen LogP contribution < -0.4 is 0 Å². The molecule has 0 spiro atoms. The Bertz CT molecular complexity index is 515. The van der Waals surface area contributed by atoms with E-state index in [0.29, 0.717) is 0 Å². The molecule has 0 aromatic heterocycles. The van der Waals surface area contributed by atoms with Gasteiger partial charge in [0.05, 0.1) is 6.42 Å². The molecule has 1 unspecified atom stereocenters. The van der Waals surface area contributed by atoms with Gasteiger partial charge in [0.25, 0.3) is 0 Å². The molecule has 1 aliphatic rings. The number of aryl methyl sites for hydroxylation is 1. The van der Waals surface area contributed by atoms with Crippen LogP contribution in [0, 0.1) is 19.8 Å². The number of benzene rings is 1. The second-order valence-electron chi connectivity index (χ2n) is 4.87. The zero-order valence-electron chi connectivity index (χ0n) is 10.3. The number of hydrogen-bond acceptors (Lipinski definition) is 2. The minimum atomic E-state index is -0.852. The lowest BCUT2D eigenvalue weighted by Crippen LogP contribution is -2.09. The van der Waals surface area contributed by atoms with Crippen LogP contribution >= 0.6 is 0 Å². The lowest BCUT2D eigenvalue weighted by Gasteiger charge is -2.12. The number of carboxylic acids is 1. The fraction of sp³-hybridized carbons (Fsp3) is 0.429. The predicted molar refractivity (Wildman–Crippen MR) is 64.5 cm³/mol. The first-order chi connectivity index (χ1) is 7.91. The van der Waals surface area contributed by atoms with Gasteiger partial charge in [-0.1, -0.05) is 13.0 Å². The van der Waals surface area contributed by atoms with E-state index in [0.717, 1.165) is 34.2 Å². The number of fused-ring (bicyclic) bond motifs is 1. The molecule has 0 saturated heterocycles. The zero-order chi connectivity index (χ0) is 12.7. The summed E-state index contributed by atoms with van der Waals surface area (Å²) in [6, 6.07) is 1.97. The van der Waals surface area contributed by atoms with Crippen LogP contribution in [0.2, 0.25) is 0 Å². The van der Waals surface area contributed by atoms with Gasteiger partial charge in [0, 0.05) is 11.5 Å². The quantitative estimate of drug-likeness (QED) is 0.851. The molecule has 1 aromatic carbocycles. The molecule has 1 atom stereocenters. The molecule has 0 aliphatic heterocycles. The summed E-state index contributed by atoms with van der Waals surface area (Å²) in [5.41, 5.74) is 4.46. The lowest BCUT2D eigenvalue weighted by molar-refractivity contribution is -0.136. The van der Waals surface area contributed by atoms with Crippen LogP contribution in [0.5, 0.6) is 0 Å². The van der Waals surface area contributed by atoms with Crippen molar-refractivity contribution in [2.75, 3.05) is 0 Å². The maximum absolute atomic E-state index is 12.0. The molecule has 3 nitrogen and oxygen atoms in total. The van der Waals surface area contributed by atoms with Gasteiger partial charge in [0.1, 0.15) is 0 Å². The highest BCUT2D eigenvalue weighted by molar-refractivity contribution is 6.03. The van der Waals surface area contributed by atoms with E-state index < -0.39 is 5.97 Å². The summed E-state index contributed by atoms with van der Waals surface area (Å²) in [6.45, 7) is 5.70. The Morgan fingerprint density at radius 3 is 2.71 bits per heavy atom. The van der Waals surface area contributed by atoms with Crippen molar-refractivity contribution in [2.45, 2.75) is 33.6 Å². The second-order valence-corrected chi connectivity index (χ2v) is 4.87. The summed E-state index contributed by atoms with van der Waals surface area (Å²) in [4.78, 5) is 22.9. The molecule has 0 saturated carbocycles. The van der Waals surface area contributed by atoms with Gasteiger partial charge in [-0.05, 0) is 42.5 Å². The topological polar surface area (TPSA) is 54.4 Å². The first kappa shape index (κ1) is 11.8. The monoisotopic (exact) mass is 232 g/mol. The number of carbonyl (C=O) groups is 2. The number of rotatable bonds is 2. The van der Waals surface area contributed by atoms with E-state index in [1.54, 1.807) is 0 Å². The molecule has 0 radical (unpaired) electrons. The highest BCUT2D eigenvalue weighted by Gasteiger charge is 2.30.